The van der Waals surface area contributed by atoms with Crippen LogP contribution in [0.1, 0.15) is 24.4 Å². The number of likely N-dealkylation sites (N-methyl/N-ethyl adjacent to an activating group) is 1. The number of ether oxygens (including phenoxy) is 1. The van der Waals surface area contributed by atoms with E-state index in [0.717, 1.165) is 44.1 Å². The Morgan fingerprint density at radius 1 is 1.46 bits per heavy atom. The predicted molar refractivity (Wildman–Crippen MR) is 86.1 cm³/mol. The Morgan fingerprint density at radius 3 is 3.00 bits per heavy atom. The zero-order valence-electron chi connectivity index (χ0n) is 13.8. The van der Waals surface area contributed by atoms with Crippen molar-refractivity contribution in [2.24, 2.45) is 0 Å². The average Bonchev–Trinajstić information content (AvgIpc) is 3.28. The summed E-state index contributed by atoms with van der Waals surface area (Å²) in [6, 6.07) is 3.91. The number of furan rings is 1. The van der Waals surface area contributed by atoms with Crippen molar-refractivity contribution in [1.82, 2.24) is 19.8 Å². The number of hydrogen-bond donors (Lipinski definition) is 1. The Hall–Kier alpha value is -2.12. The van der Waals surface area contributed by atoms with Crippen LogP contribution in [0.15, 0.2) is 35.2 Å². The number of carbonyl (C=O) groups excluding carboxylic acids is 1. The normalized spacial score (nSPS) is 23.1. The molecule has 24 heavy (non-hydrogen) atoms. The summed E-state index contributed by atoms with van der Waals surface area (Å²) < 4.78 is 13.8. The molecule has 0 aliphatic carbocycles. The van der Waals surface area contributed by atoms with Gasteiger partial charge < -0.3 is 19.0 Å². The molecule has 1 amide bonds. The van der Waals surface area contributed by atoms with Gasteiger partial charge in [0.15, 0.2) is 6.10 Å². The summed E-state index contributed by atoms with van der Waals surface area (Å²) in [5.41, 5.74) is -0.474. The van der Waals surface area contributed by atoms with Crippen LogP contribution in [0.25, 0.3) is 0 Å². The summed E-state index contributed by atoms with van der Waals surface area (Å²) in [6.45, 7) is 3.09. The summed E-state index contributed by atoms with van der Waals surface area (Å²) in [5, 5.41) is 2.70. The van der Waals surface area contributed by atoms with Crippen LogP contribution < -0.4 is 5.32 Å². The van der Waals surface area contributed by atoms with E-state index < -0.39 is 11.7 Å². The monoisotopic (exact) mass is 330 g/mol. The second-order valence-corrected chi connectivity index (χ2v) is 6.47. The van der Waals surface area contributed by atoms with Crippen LogP contribution in [0, 0.1) is 0 Å². The number of carbonyl (C=O) groups is 1. The molecule has 0 radical (unpaired) electrons. The molecule has 0 saturated carbocycles. The fraction of sp³-hybridized carbons (Fsp3) is 0.529. The lowest BCUT2D eigenvalue weighted by molar-refractivity contribution is -0.173. The van der Waals surface area contributed by atoms with E-state index >= 15 is 0 Å². The number of fused-ring (bicyclic) bond motifs is 2. The first kappa shape index (κ1) is 15.4. The van der Waals surface area contributed by atoms with Gasteiger partial charge in [-0.25, -0.2) is 4.98 Å². The summed E-state index contributed by atoms with van der Waals surface area (Å²) in [6.07, 6.45) is 6.60. The largest absolute Gasteiger partial charge is 0.468 e. The van der Waals surface area contributed by atoms with Crippen molar-refractivity contribution < 1.29 is 13.9 Å². The molecule has 128 valence electrons. The Bertz CT molecular complexity index is 701. The first-order valence-corrected chi connectivity index (χ1v) is 8.36. The highest BCUT2D eigenvalue weighted by Gasteiger charge is 2.46. The van der Waals surface area contributed by atoms with Crippen molar-refractivity contribution >= 4 is 5.91 Å². The molecule has 2 aromatic rings. The molecule has 2 aliphatic heterocycles. The van der Waals surface area contributed by atoms with Crippen LogP contribution in [-0.2, 0) is 28.2 Å². The third-order valence-electron chi connectivity index (χ3n) is 5.02. The SMILES string of the molecule is CNC(=O)[C@@H]1Cn2ccnc2C2(CCN(Cc3ccco3)CC2)O1. The minimum Gasteiger partial charge on any atom is -0.468 e. The average molecular weight is 330 g/mol. The van der Waals surface area contributed by atoms with E-state index in [1.165, 1.54) is 0 Å². The first-order chi connectivity index (χ1) is 11.7. The lowest BCUT2D eigenvalue weighted by Crippen LogP contribution is -2.53. The maximum Gasteiger partial charge on any atom is 0.250 e. The minimum absolute atomic E-state index is 0.0771. The Balaban J connectivity index is 1.51. The lowest BCUT2D eigenvalue weighted by atomic mass is 9.88. The Labute approximate surface area is 140 Å². The molecule has 0 bridgehead atoms. The van der Waals surface area contributed by atoms with Crippen LogP contribution in [0.4, 0.5) is 0 Å². The molecule has 2 aliphatic rings. The number of hydrogen-bond acceptors (Lipinski definition) is 5. The van der Waals surface area contributed by atoms with Crippen LogP contribution in [-0.4, -0.2) is 46.6 Å². The third-order valence-corrected chi connectivity index (χ3v) is 5.02. The second kappa shape index (κ2) is 6.07. The topological polar surface area (TPSA) is 72.5 Å². The van der Waals surface area contributed by atoms with E-state index in [-0.39, 0.29) is 5.91 Å². The molecule has 1 N–H and O–H groups in total. The van der Waals surface area contributed by atoms with Gasteiger partial charge in [-0.05, 0) is 25.0 Å². The number of piperidine rings is 1. The van der Waals surface area contributed by atoms with Gasteiger partial charge in [0, 0.05) is 32.5 Å². The molecule has 4 heterocycles. The van der Waals surface area contributed by atoms with E-state index in [1.807, 2.05) is 18.3 Å². The molecule has 4 rings (SSSR count). The van der Waals surface area contributed by atoms with Crippen LogP contribution in [0.2, 0.25) is 0 Å². The standard InChI is InChI=1S/C17H22N4O3/c1-18-15(22)14-12-21-9-6-19-16(21)17(24-14)4-7-20(8-5-17)11-13-3-2-10-23-13/h2-3,6,9-10,14H,4-5,7-8,11-12H2,1H3,(H,18,22)/t14-/m0/s1. The Morgan fingerprint density at radius 2 is 2.29 bits per heavy atom. The van der Waals surface area contributed by atoms with Gasteiger partial charge in [-0.2, -0.15) is 0 Å². The Kier molecular flexibility index (Phi) is 3.90. The molecular weight excluding hydrogens is 308 g/mol. The van der Waals surface area contributed by atoms with E-state index in [4.69, 9.17) is 9.15 Å². The summed E-state index contributed by atoms with van der Waals surface area (Å²) in [7, 11) is 1.65. The minimum atomic E-state index is -0.474. The number of amides is 1. The maximum atomic E-state index is 12.1. The summed E-state index contributed by atoms with van der Waals surface area (Å²) in [5.74, 6) is 1.84. The number of likely N-dealkylation sites (tertiary alicyclic amines) is 1. The van der Waals surface area contributed by atoms with Crippen LogP contribution in [0.5, 0.6) is 0 Å². The van der Waals surface area contributed by atoms with Gasteiger partial charge in [-0.3, -0.25) is 9.69 Å². The van der Waals surface area contributed by atoms with Crippen molar-refractivity contribution in [1.29, 1.82) is 0 Å². The molecule has 1 atom stereocenters. The summed E-state index contributed by atoms with van der Waals surface area (Å²) in [4.78, 5) is 19.0. The number of nitrogens with one attached hydrogen (secondary N) is 1. The third kappa shape index (κ3) is 2.63. The van der Waals surface area contributed by atoms with Crippen LogP contribution >= 0.6 is 0 Å². The van der Waals surface area contributed by atoms with E-state index in [9.17, 15) is 4.79 Å². The molecule has 7 nitrogen and oxygen atoms in total. The van der Waals surface area contributed by atoms with Crippen LogP contribution in [0.3, 0.4) is 0 Å². The highest BCUT2D eigenvalue weighted by atomic mass is 16.5. The quantitative estimate of drug-likeness (QED) is 0.913. The van der Waals surface area contributed by atoms with Gasteiger partial charge in [0.2, 0.25) is 0 Å². The predicted octanol–water partition coefficient (Wildman–Crippen LogP) is 1.11. The molecule has 1 fully saturated rings. The molecule has 1 saturated heterocycles. The van der Waals surface area contributed by atoms with Crippen molar-refractivity contribution in [2.75, 3.05) is 20.1 Å². The number of imidazole rings is 1. The van der Waals surface area contributed by atoms with Gasteiger partial charge in [-0.1, -0.05) is 0 Å². The van der Waals surface area contributed by atoms with Gasteiger partial charge >= 0.3 is 0 Å². The fourth-order valence-electron chi connectivity index (χ4n) is 3.73. The first-order valence-electron chi connectivity index (χ1n) is 8.36. The van der Waals surface area contributed by atoms with Gasteiger partial charge in [-0.15, -0.1) is 0 Å². The number of rotatable bonds is 3. The summed E-state index contributed by atoms with van der Waals surface area (Å²) >= 11 is 0. The zero-order valence-corrected chi connectivity index (χ0v) is 13.8. The number of nitrogens with zero attached hydrogens (tertiary/aromatic N) is 3. The van der Waals surface area contributed by atoms with Gasteiger partial charge in [0.05, 0.1) is 19.4 Å². The lowest BCUT2D eigenvalue weighted by Gasteiger charge is -2.45. The molecule has 1 spiro atoms. The van der Waals surface area contributed by atoms with Crippen molar-refractivity contribution in [3.63, 3.8) is 0 Å². The van der Waals surface area contributed by atoms with Crippen molar-refractivity contribution in [3.05, 3.63) is 42.4 Å². The highest BCUT2D eigenvalue weighted by Crippen LogP contribution is 2.40. The fourth-order valence-corrected chi connectivity index (χ4v) is 3.73. The highest BCUT2D eigenvalue weighted by molar-refractivity contribution is 5.80. The second-order valence-electron chi connectivity index (χ2n) is 6.47. The van der Waals surface area contributed by atoms with Gasteiger partial charge in [0.1, 0.15) is 17.2 Å². The molecule has 7 heteroatoms. The van der Waals surface area contributed by atoms with Crippen molar-refractivity contribution in [3.8, 4) is 0 Å². The molecule has 0 unspecified atom stereocenters. The van der Waals surface area contributed by atoms with E-state index in [1.54, 1.807) is 19.5 Å². The zero-order chi connectivity index (χ0) is 16.6. The smallest absolute Gasteiger partial charge is 0.250 e. The molecular formula is C17H22N4O3. The number of aromatic nitrogens is 2. The van der Waals surface area contributed by atoms with E-state index in [2.05, 4.69) is 19.8 Å². The van der Waals surface area contributed by atoms with E-state index in [0.29, 0.717) is 6.54 Å². The molecule has 0 aromatic carbocycles. The maximum absolute atomic E-state index is 12.1. The molecule has 2 aromatic heterocycles. The van der Waals surface area contributed by atoms with Gasteiger partial charge in [0.25, 0.3) is 5.91 Å². The van der Waals surface area contributed by atoms with Crippen molar-refractivity contribution in [2.45, 2.75) is 37.6 Å².